The number of hydrogen-bond acceptors (Lipinski definition) is 2. The van der Waals surface area contributed by atoms with Gasteiger partial charge >= 0.3 is 0 Å². The van der Waals surface area contributed by atoms with Crippen LogP contribution < -0.4 is 0 Å². The van der Waals surface area contributed by atoms with Crippen molar-refractivity contribution in [3.63, 3.8) is 0 Å². The SMILES string of the molecule is N#Cc1cccc(C#N)c1-c1cccc2c1c1cccc(-c3ccccc3)c1n2-c1ccccc1. The van der Waals surface area contributed by atoms with Crippen LogP contribution in [0.5, 0.6) is 0 Å². The van der Waals surface area contributed by atoms with Gasteiger partial charge in [-0.1, -0.05) is 84.9 Å². The van der Waals surface area contributed by atoms with Crippen molar-refractivity contribution in [2.75, 3.05) is 0 Å². The average molecular weight is 446 g/mol. The van der Waals surface area contributed by atoms with E-state index in [4.69, 9.17) is 0 Å². The van der Waals surface area contributed by atoms with E-state index in [0.717, 1.165) is 44.2 Å². The summed E-state index contributed by atoms with van der Waals surface area (Å²) in [6.07, 6.45) is 0. The Kier molecular flexibility index (Phi) is 4.88. The van der Waals surface area contributed by atoms with Crippen LogP contribution >= 0.6 is 0 Å². The van der Waals surface area contributed by atoms with Gasteiger partial charge in [0.05, 0.1) is 34.3 Å². The molecule has 0 aliphatic rings. The molecule has 0 bridgehead atoms. The van der Waals surface area contributed by atoms with Gasteiger partial charge in [-0.15, -0.1) is 0 Å². The van der Waals surface area contributed by atoms with Gasteiger partial charge in [0.2, 0.25) is 0 Å². The van der Waals surface area contributed by atoms with Gasteiger partial charge in [0.25, 0.3) is 0 Å². The summed E-state index contributed by atoms with van der Waals surface area (Å²) in [7, 11) is 0. The quantitative estimate of drug-likeness (QED) is 0.278. The fourth-order valence-electron chi connectivity index (χ4n) is 5.05. The summed E-state index contributed by atoms with van der Waals surface area (Å²) >= 11 is 0. The molecule has 0 aliphatic carbocycles. The Morgan fingerprint density at radius 3 is 1.83 bits per heavy atom. The van der Waals surface area contributed by atoms with Crippen LogP contribution in [0, 0.1) is 22.7 Å². The third kappa shape index (κ3) is 3.19. The molecule has 0 amide bonds. The van der Waals surface area contributed by atoms with Crippen LogP contribution in [-0.4, -0.2) is 4.57 Å². The number of nitrogens with zero attached hydrogens (tertiary/aromatic N) is 3. The molecule has 3 heteroatoms. The third-order valence-corrected chi connectivity index (χ3v) is 6.49. The largest absolute Gasteiger partial charge is 0.309 e. The first-order valence-electron chi connectivity index (χ1n) is 11.4. The van der Waals surface area contributed by atoms with E-state index in [1.54, 1.807) is 18.2 Å². The predicted octanol–water partition coefficient (Wildman–Crippen LogP) is 7.86. The Labute approximate surface area is 203 Å². The van der Waals surface area contributed by atoms with Crippen molar-refractivity contribution >= 4 is 21.8 Å². The molecule has 6 aromatic rings. The number of rotatable bonds is 3. The van der Waals surface area contributed by atoms with Crippen LogP contribution in [-0.2, 0) is 0 Å². The molecule has 35 heavy (non-hydrogen) atoms. The molecule has 0 unspecified atom stereocenters. The van der Waals surface area contributed by atoms with Crippen LogP contribution in [0.1, 0.15) is 11.1 Å². The fourth-order valence-corrected chi connectivity index (χ4v) is 5.05. The summed E-state index contributed by atoms with van der Waals surface area (Å²) in [4.78, 5) is 0. The van der Waals surface area contributed by atoms with Crippen LogP contribution in [0.15, 0.2) is 115 Å². The van der Waals surface area contributed by atoms with Crippen LogP contribution in [0.2, 0.25) is 0 Å². The lowest BCUT2D eigenvalue weighted by molar-refractivity contribution is 1.18. The van der Waals surface area contributed by atoms with E-state index >= 15 is 0 Å². The van der Waals surface area contributed by atoms with Crippen molar-refractivity contribution in [1.82, 2.24) is 4.57 Å². The second-order valence-electron chi connectivity index (χ2n) is 8.39. The molecular weight excluding hydrogens is 426 g/mol. The van der Waals surface area contributed by atoms with Gasteiger partial charge in [0.1, 0.15) is 0 Å². The number of hydrogen-bond donors (Lipinski definition) is 0. The monoisotopic (exact) mass is 445 g/mol. The summed E-state index contributed by atoms with van der Waals surface area (Å²) in [5, 5.41) is 21.9. The van der Waals surface area contributed by atoms with E-state index in [0.29, 0.717) is 16.7 Å². The minimum Gasteiger partial charge on any atom is -0.309 e. The van der Waals surface area contributed by atoms with Crippen LogP contribution in [0.4, 0.5) is 0 Å². The maximum atomic E-state index is 9.90. The number of nitriles is 2. The van der Waals surface area contributed by atoms with Gasteiger partial charge in [0.15, 0.2) is 0 Å². The second-order valence-corrected chi connectivity index (χ2v) is 8.39. The van der Waals surface area contributed by atoms with Crippen LogP contribution in [0.3, 0.4) is 0 Å². The molecule has 1 heterocycles. The number of benzene rings is 5. The molecule has 6 rings (SSSR count). The van der Waals surface area contributed by atoms with E-state index < -0.39 is 0 Å². The van der Waals surface area contributed by atoms with Crippen molar-refractivity contribution in [2.45, 2.75) is 0 Å². The second kappa shape index (κ2) is 8.34. The van der Waals surface area contributed by atoms with E-state index in [1.165, 1.54) is 0 Å². The molecule has 162 valence electrons. The third-order valence-electron chi connectivity index (χ3n) is 6.49. The molecule has 0 saturated carbocycles. The zero-order chi connectivity index (χ0) is 23.8. The molecule has 1 aromatic heterocycles. The van der Waals surface area contributed by atoms with Gasteiger partial charge in [-0.3, -0.25) is 0 Å². The number of para-hydroxylation sites is 2. The molecule has 0 N–H and O–H groups in total. The summed E-state index contributed by atoms with van der Waals surface area (Å²) in [5.41, 5.74) is 8.01. The van der Waals surface area contributed by atoms with Crippen molar-refractivity contribution in [3.05, 3.63) is 126 Å². The molecule has 0 saturated heterocycles. The van der Waals surface area contributed by atoms with E-state index in [9.17, 15) is 10.5 Å². The van der Waals surface area contributed by atoms with Crippen molar-refractivity contribution in [1.29, 1.82) is 10.5 Å². The van der Waals surface area contributed by atoms with E-state index in [2.05, 4.69) is 77.4 Å². The molecule has 0 aliphatic heterocycles. The Bertz CT molecular complexity index is 1770. The maximum absolute atomic E-state index is 9.90. The highest BCUT2D eigenvalue weighted by atomic mass is 15.0. The van der Waals surface area contributed by atoms with Crippen LogP contribution in [0.25, 0.3) is 49.7 Å². The van der Waals surface area contributed by atoms with Crippen molar-refractivity contribution < 1.29 is 0 Å². The molecule has 0 atom stereocenters. The topological polar surface area (TPSA) is 52.5 Å². The van der Waals surface area contributed by atoms with E-state index in [-0.39, 0.29) is 0 Å². The molecule has 3 nitrogen and oxygen atoms in total. The first-order valence-corrected chi connectivity index (χ1v) is 11.4. The van der Waals surface area contributed by atoms with E-state index in [1.807, 2.05) is 36.4 Å². The first-order chi connectivity index (χ1) is 17.3. The lowest BCUT2D eigenvalue weighted by atomic mass is 9.91. The summed E-state index contributed by atoms with van der Waals surface area (Å²) in [6.45, 7) is 0. The van der Waals surface area contributed by atoms with Gasteiger partial charge in [0, 0.05) is 27.6 Å². The van der Waals surface area contributed by atoms with Gasteiger partial charge in [-0.05, 0) is 41.5 Å². The Morgan fingerprint density at radius 2 is 1.14 bits per heavy atom. The summed E-state index contributed by atoms with van der Waals surface area (Å²) < 4.78 is 2.29. The molecular formula is C32H19N3. The zero-order valence-corrected chi connectivity index (χ0v) is 18.8. The predicted molar refractivity (Wildman–Crippen MR) is 141 cm³/mol. The standard InChI is InChI=1S/C32H19N3/c33-20-23-12-7-13-24(21-34)30(23)27-17-9-19-29-31(27)28-18-8-16-26(22-10-3-1-4-11-22)32(28)35(29)25-14-5-2-6-15-25/h1-19H. The summed E-state index contributed by atoms with van der Waals surface area (Å²) in [5.74, 6) is 0. The lowest BCUT2D eigenvalue weighted by Crippen LogP contribution is -1.95. The normalized spacial score (nSPS) is 10.8. The van der Waals surface area contributed by atoms with Crippen molar-refractivity contribution in [2.24, 2.45) is 0 Å². The molecule has 5 aromatic carbocycles. The summed E-state index contributed by atoms with van der Waals surface area (Å²) in [6, 6.07) is 43.1. The first kappa shape index (κ1) is 20.5. The van der Waals surface area contributed by atoms with Gasteiger partial charge in [-0.25, -0.2) is 0 Å². The molecule has 0 radical (unpaired) electrons. The highest BCUT2D eigenvalue weighted by Crippen LogP contribution is 2.43. The number of fused-ring (bicyclic) bond motifs is 3. The van der Waals surface area contributed by atoms with Gasteiger partial charge < -0.3 is 4.57 Å². The maximum Gasteiger partial charge on any atom is 0.0998 e. The Morgan fingerprint density at radius 1 is 0.543 bits per heavy atom. The fraction of sp³-hybridized carbons (Fsp3) is 0. The average Bonchev–Trinajstić information content (AvgIpc) is 3.28. The highest BCUT2D eigenvalue weighted by Gasteiger charge is 2.21. The smallest absolute Gasteiger partial charge is 0.0998 e. The Balaban J connectivity index is 1.84. The minimum atomic E-state index is 0.497. The number of aromatic nitrogens is 1. The minimum absolute atomic E-state index is 0.497. The molecule has 0 spiro atoms. The van der Waals surface area contributed by atoms with Gasteiger partial charge in [-0.2, -0.15) is 10.5 Å². The molecule has 0 fully saturated rings. The van der Waals surface area contributed by atoms with Crippen molar-refractivity contribution in [3.8, 4) is 40.1 Å². The highest BCUT2D eigenvalue weighted by molar-refractivity contribution is 6.19. The Hall–Kier alpha value is -5.12. The lowest BCUT2D eigenvalue weighted by Gasteiger charge is -2.12. The zero-order valence-electron chi connectivity index (χ0n) is 18.8.